The lowest BCUT2D eigenvalue weighted by Crippen LogP contribution is -2.03. The standard InChI is InChI=1S/C21H29O4P/c1-13(2)21-16(5)17(7-8-20(21)22)11-19-14(3)9-18(10-15(19)4)25-12-26(6,23)24/h7-10,13,22H,11-12H2,1-6H3,(H,23,24). The van der Waals surface area contributed by atoms with Gasteiger partial charge < -0.3 is 14.7 Å². The zero-order valence-electron chi connectivity index (χ0n) is 16.5. The largest absolute Gasteiger partial charge is 0.508 e. The Morgan fingerprint density at radius 1 is 1.12 bits per heavy atom. The third-order valence-electron chi connectivity index (χ3n) is 4.69. The summed E-state index contributed by atoms with van der Waals surface area (Å²) in [4.78, 5) is 9.40. The maximum Gasteiger partial charge on any atom is 0.233 e. The zero-order chi connectivity index (χ0) is 19.6. The van der Waals surface area contributed by atoms with Crippen molar-refractivity contribution in [1.29, 1.82) is 0 Å². The number of ether oxygens (including phenoxy) is 1. The quantitative estimate of drug-likeness (QED) is 0.674. The minimum Gasteiger partial charge on any atom is -0.508 e. The zero-order valence-corrected chi connectivity index (χ0v) is 17.4. The van der Waals surface area contributed by atoms with E-state index in [4.69, 9.17) is 4.74 Å². The van der Waals surface area contributed by atoms with Gasteiger partial charge in [-0.2, -0.15) is 0 Å². The molecule has 0 spiro atoms. The number of benzene rings is 2. The van der Waals surface area contributed by atoms with Crippen molar-refractivity contribution in [3.63, 3.8) is 0 Å². The fraction of sp³-hybridized carbons (Fsp3) is 0.429. The van der Waals surface area contributed by atoms with Crippen LogP contribution in [0.15, 0.2) is 24.3 Å². The normalized spacial score (nSPS) is 13.7. The van der Waals surface area contributed by atoms with E-state index in [0.29, 0.717) is 11.5 Å². The predicted octanol–water partition coefficient (Wildman–Crippen LogP) is 5.27. The molecule has 0 saturated heterocycles. The summed E-state index contributed by atoms with van der Waals surface area (Å²) in [5, 5.41) is 10.2. The highest BCUT2D eigenvalue weighted by Crippen LogP contribution is 2.36. The van der Waals surface area contributed by atoms with E-state index in [9.17, 15) is 14.6 Å². The van der Waals surface area contributed by atoms with Crippen LogP contribution in [0.4, 0.5) is 0 Å². The Morgan fingerprint density at radius 3 is 2.19 bits per heavy atom. The molecule has 1 unspecified atom stereocenters. The van der Waals surface area contributed by atoms with Crippen molar-refractivity contribution in [2.24, 2.45) is 0 Å². The van der Waals surface area contributed by atoms with Gasteiger partial charge in [-0.05, 0) is 84.7 Å². The van der Waals surface area contributed by atoms with Crippen LogP contribution in [0.5, 0.6) is 11.5 Å². The van der Waals surface area contributed by atoms with Crippen LogP contribution in [0.3, 0.4) is 0 Å². The second kappa shape index (κ2) is 7.85. The Labute approximate surface area is 156 Å². The molecule has 142 valence electrons. The molecular formula is C21H29O4P. The van der Waals surface area contributed by atoms with Gasteiger partial charge in [-0.3, -0.25) is 4.57 Å². The molecule has 0 aliphatic heterocycles. The highest BCUT2D eigenvalue weighted by molar-refractivity contribution is 7.56. The molecule has 2 aromatic carbocycles. The molecule has 0 saturated carbocycles. The lowest BCUT2D eigenvalue weighted by atomic mass is 9.88. The first-order valence-corrected chi connectivity index (χ1v) is 11.1. The van der Waals surface area contributed by atoms with E-state index in [2.05, 4.69) is 20.8 Å². The van der Waals surface area contributed by atoms with Gasteiger partial charge in [0.2, 0.25) is 7.37 Å². The molecule has 0 aromatic heterocycles. The van der Waals surface area contributed by atoms with Crippen LogP contribution in [0.1, 0.15) is 53.1 Å². The van der Waals surface area contributed by atoms with Crippen LogP contribution in [0.25, 0.3) is 0 Å². The molecule has 1 atom stereocenters. The van der Waals surface area contributed by atoms with Gasteiger partial charge in [-0.1, -0.05) is 19.9 Å². The Bertz CT molecular complexity index is 826. The molecular weight excluding hydrogens is 347 g/mol. The van der Waals surface area contributed by atoms with E-state index in [1.54, 1.807) is 6.07 Å². The molecule has 2 rings (SSSR count). The average molecular weight is 376 g/mol. The van der Waals surface area contributed by atoms with Crippen LogP contribution in [0.2, 0.25) is 0 Å². The molecule has 2 aromatic rings. The molecule has 0 aliphatic rings. The minimum absolute atomic E-state index is 0.181. The summed E-state index contributed by atoms with van der Waals surface area (Å²) < 4.78 is 16.9. The van der Waals surface area contributed by atoms with Crippen molar-refractivity contribution >= 4 is 7.37 Å². The van der Waals surface area contributed by atoms with E-state index in [0.717, 1.165) is 28.7 Å². The maximum atomic E-state index is 11.4. The van der Waals surface area contributed by atoms with Crippen LogP contribution < -0.4 is 4.74 Å². The third-order valence-corrected chi connectivity index (χ3v) is 5.30. The highest BCUT2D eigenvalue weighted by atomic mass is 31.2. The van der Waals surface area contributed by atoms with E-state index in [1.807, 2.05) is 32.0 Å². The lowest BCUT2D eigenvalue weighted by molar-refractivity contribution is 0.352. The molecule has 0 amide bonds. The average Bonchev–Trinajstić information content (AvgIpc) is 2.49. The van der Waals surface area contributed by atoms with Gasteiger partial charge in [-0.15, -0.1) is 0 Å². The first-order chi connectivity index (χ1) is 12.0. The number of aryl methyl sites for hydroxylation is 2. The number of hydrogen-bond acceptors (Lipinski definition) is 3. The molecule has 0 aliphatic carbocycles. The minimum atomic E-state index is -3.20. The van der Waals surface area contributed by atoms with Crippen LogP contribution in [0, 0.1) is 20.8 Å². The van der Waals surface area contributed by atoms with Crippen molar-refractivity contribution in [2.75, 3.05) is 13.0 Å². The number of rotatable bonds is 6. The molecule has 2 N–H and O–H groups in total. The van der Waals surface area contributed by atoms with Crippen LogP contribution >= 0.6 is 7.37 Å². The van der Waals surface area contributed by atoms with Crippen LogP contribution in [-0.4, -0.2) is 23.0 Å². The molecule has 26 heavy (non-hydrogen) atoms. The first kappa shape index (κ1) is 20.5. The second-order valence-electron chi connectivity index (χ2n) is 7.47. The van der Waals surface area contributed by atoms with Crippen molar-refractivity contribution in [3.05, 3.63) is 57.6 Å². The Morgan fingerprint density at radius 2 is 1.69 bits per heavy atom. The van der Waals surface area contributed by atoms with Crippen molar-refractivity contribution in [2.45, 2.75) is 47.0 Å². The van der Waals surface area contributed by atoms with Crippen molar-refractivity contribution < 1.29 is 19.3 Å². The van der Waals surface area contributed by atoms with Crippen molar-refractivity contribution in [3.8, 4) is 11.5 Å². The summed E-state index contributed by atoms with van der Waals surface area (Å²) in [5.41, 5.74) is 6.71. The van der Waals surface area contributed by atoms with Gasteiger partial charge in [0.25, 0.3) is 0 Å². The number of phenolic OH excluding ortho intramolecular Hbond substituents is 1. The molecule has 4 nitrogen and oxygen atoms in total. The third kappa shape index (κ3) is 4.90. The SMILES string of the molecule is Cc1cc(OCP(C)(=O)O)cc(C)c1Cc1ccc(O)c(C(C)C)c1C. The number of hydrogen-bond donors (Lipinski definition) is 2. The van der Waals surface area contributed by atoms with Crippen molar-refractivity contribution in [1.82, 2.24) is 0 Å². The summed E-state index contributed by atoms with van der Waals surface area (Å²) in [6.45, 7) is 11.6. The van der Waals surface area contributed by atoms with Gasteiger partial charge in [0.15, 0.2) is 6.35 Å². The summed E-state index contributed by atoms with van der Waals surface area (Å²) >= 11 is 0. The predicted molar refractivity (Wildman–Crippen MR) is 107 cm³/mol. The lowest BCUT2D eigenvalue weighted by Gasteiger charge is -2.18. The first-order valence-electron chi connectivity index (χ1n) is 8.83. The van der Waals surface area contributed by atoms with E-state index in [-0.39, 0.29) is 12.3 Å². The highest BCUT2D eigenvalue weighted by Gasteiger charge is 2.16. The molecule has 0 radical (unpaired) electrons. The van der Waals surface area contributed by atoms with Crippen LogP contribution in [-0.2, 0) is 11.0 Å². The summed E-state index contributed by atoms with van der Waals surface area (Å²) in [6.07, 6.45) is 0.593. The Balaban J connectivity index is 2.34. The molecule has 0 heterocycles. The number of phenols is 1. The van der Waals surface area contributed by atoms with E-state index >= 15 is 0 Å². The smallest absolute Gasteiger partial charge is 0.233 e. The van der Waals surface area contributed by atoms with Gasteiger partial charge in [0.1, 0.15) is 11.5 Å². The molecule has 5 heteroatoms. The number of aromatic hydroxyl groups is 1. The summed E-state index contributed by atoms with van der Waals surface area (Å²) in [5.74, 6) is 1.23. The fourth-order valence-corrected chi connectivity index (χ4v) is 3.77. The van der Waals surface area contributed by atoms with E-state index < -0.39 is 7.37 Å². The summed E-state index contributed by atoms with van der Waals surface area (Å²) in [6, 6.07) is 7.59. The topological polar surface area (TPSA) is 66.8 Å². The van der Waals surface area contributed by atoms with Gasteiger partial charge in [-0.25, -0.2) is 0 Å². The fourth-order valence-electron chi connectivity index (χ4n) is 3.38. The molecule has 0 bridgehead atoms. The summed E-state index contributed by atoms with van der Waals surface area (Å²) in [7, 11) is -3.20. The van der Waals surface area contributed by atoms with E-state index in [1.165, 1.54) is 17.8 Å². The maximum absolute atomic E-state index is 11.4. The second-order valence-corrected chi connectivity index (χ2v) is 9.83. The van der Waals surface area contributed by atoms with Gasteiger partial charge in [0, 0.05) is 6.66 Å². The molecule has 0 fully saturated rings. The van der Waals surface area contributed by atoms with Gasteiger partial charge in [0.05, 0.1) is 0 Å². The van der Waals surface area contributed by atoms with Gasteiger partial charge >= 0.3 is 0 Å². The monoisotopic (exact) mass is 376 g/mol. The Kier molecular flexibility index (Phi) is 6.21. The Hall–Kier alpha value is -1.77.